The van der Waals surface area contributed by atoms with Crippen LogP contribution in [-0.4, -0.2) is 49.4 Å². The smallest absolute Gasteiger partial charge is 0.337 e. The van der Waals surface area contributed by atoms with E-state index in [9.17, 15) is 14.4 Å². The maximum Gasteiger partial charge on any atom is 0.337 e. The second kappa shape index (κ2) is 8.47. The number of esters is 1. The number of likely N-dealkylation sites (tertiary alicyclic amines) is 1. The molecule has 1 heterocycles. The number of benzene rings is 1. The first-order chi connectivity index (χ1) is 11.5. The Kier molecular flexibility index (Phi) is 6.35. The van der Waals surface area contributed by atoms with Gasteiger partial charge in [-0.3, -0.25) is 9.59 Å². The van der Waals surface area contributed by atoms with E-state index in [1.807, 2.05) is 4.90 Å². The fourth-order valence-corrected chi connectivity index (χ4v) is 2.87. The number of piperidine rings is 1. The van der Waals surface area contributed by atoms with Crippen LogP contribution in [0.25, 0.3) is 0 Å². The molecular formula is C18H24N2O4. The second-order valence-corrected chi connectivity index (χ2v) is 5.90. The molecule has 0 aliphatic carbocycles. The van der Waals surface area contributed by atoms with E-state index in [4.69, 9.17) is 0 Å². The van der Waals surface area contributed by atoms with Crippen molar-refractivity contribution in [2.75, 3.05) is 31.6 Å². The highest BCUT2D eigenvalue weighted by atomic mass is 16.5. The molecule has 1 aliphatic rings. The maximum absolute atomic E-state index is 12.3. The molecule has 2 rings (SSSR count). The molecule has 0 bridgehead atoms. The van der Waals surface area contributed by atoms with Gasteiger partial charge in [0.1, 0.15) is 0 Å². The SMILES string of the molecule is COC(=O)c1ccc(N(CCC(=O)N2CCCCC2)C(C)=O)cc1. The third-order valence-corrected chi connectivity index (χ3v) is 4.24. The molecule has 1 fully saturated rings. The molecule has 1 aliphatic heterocycles. The summed E-state index contributed by atoms with van der Waals surface area (Å²) in [5.74, 6) is -0.462. The van der Waals surface area contributed by atoms with Crippen LogP contribution < -0.4 is 4.90 Å². The normalized spacial score (nSPS) is 14.2. The van der Waals surface area contributed by atoms with E-state index in [2.05, 4.69) is 4.74 Å². The molecule has 1 saturated heterocycles. The first kappa shape index (κ1) is 18.0. The Morgan fingerprint density at radius 1 is 1.08 bits per heavy atom. The lowest BCUT2D eigenvalue weighted by molar-refractivity contribution is -0.131. The Hall–Kier alpha value is -2.37. The quantitative estimate of drug-likeness (QED) is 0.776. The summed E-state index contributed by atoms with van der Waals surface area (Å²) < 4.78 is 4.66. The summed E-state index contributed by atoms with van der Waals surface area (Å²) in [6, 6.07) is 6.62. The van der Waals surface area contributed by atoms with Crippen LogP contribution in [0.5, 0.6) is 0 Å². The number of ether oxygens (including phenoxy) is 1. The number of hydrogen-bond acceptors (Lipinski definition) is 4. The first-order valence-electron chi connectivity index (χ1n) is 8.27. The first-order valence-corrected chi connectivity index (χ1v) is 8.27. The second-order valence-electron chi connectivity index (χ2n) is 5.90. The fourth-order valence-electron chi connectivity index (χ4n) is 2.87. The van der Waals surface area contributed by atoms with Gasteiger partial charge in [0, 0.05) is 38.7 Å². The summed E-state index contributed by atoms with van der Waals surface area (Å²) in [5.41, 5.74) is 1.09. The monoisotopic (exact) mass is 332 g/mol. The Morgan fingerprint density at radius 3 is 2.25 bits per heavy atom. The number of rotatable bonds is 5. The molecule has 2 amide bonds. The number of anilines is 1. The van der Waals surface area contributed by atoms with E-state index in [1.54, 1.807) is 29.2 Å². The van der Waals surface area contributed by atoms with Gasteiger partial charge in [0.25, 0.3) is 0 Å². The lowest BCUT2D eigenvalue weighted by Crippen LogP contribution is -2.38. The highest BCUT2D eigenvalue weighted by molar-refractivity contribution is 5.94. The molecule has 1 aromatic carbocycles. The molecule has 1 aromatic rings. The molecule has 6 nitrogen and oxygen atoms in total. The van der Waals surface area contributed by atoms with Crippen LogP contribution in [0, 0.1) is 0 Å². The predicted molar refractivity (Wildman–Crippen MR) is 90.9 cm³/mol. The Balaban J connectivity index is 1.99. The molecule has 6 heteroatoms. The Morgan fingerprint density at radius 2 is 1.71 bits per heavy atom. The highest BCUT2D eigenvalue weighted by Gasteiger charge is 2.19. The zero-order valence-corrected chi connectivity index (χ0v) is 14.3. The van der Waals surface area contributed by atoms with E-state index in [0.717, 1.165) is 25.9 Å². The molecule has 0 aromatic heterocycles. The molecule has 0 spiro atoms. The molecule has 0 atom stereocenters. The minimum Gasteiger partial charge on any atom is -0.465 e. The third-order valence-electron chi connectivity index (χ3n) is 4.24. The van der Waals surface area contributed by atoms with Gasteiger partial charge in [0.2, 0.25) is 11.8 Å². The van der Waals surface area contributed by atoms with Gasteiger partial charge in [0.15, 0.2) is 0 Å². The molecular weight excluding hydrogens is 308 g/mol. The predicted octanol–water partition coefficient (Wildman–Crippen LogP) is 2.23. The van der Waals surface area contributed by atoms with E-state index >= 15 is 0 Å². The van der Waals surface area contributed by atoms with Crippen LogP contribution in [0.3, 0.4) is 0 Å². The minimum atomic E-state index is -0.420. The molecule has 130 valence electrons. The summed E-state index contributed by atoms with van der Waals surface area (Å²) in [5, 5.41) is 0. The Labute approximate surface area is 142 Å². The van der Waals surface area contributed by atoms with Gasteiger partial charge in [0.05, 0.1) is 12.7 Å². The molecule has 24 heavy (non-hydrogen) atoms. The van der Waals surface area contributed by atoms with Crippen molar-refractivity contribution in [3.63, 3.8) is 0 Å². The minimum absolute atomic E-state index is 0.0899. The highest BCUT2D eigenvalue weighted by Crippen LogP contribution is 2.17. The van der Waals surface area contributed by atoms with Crippen molar-refractivity contribution in [2.45, 2.75) is 32.6 Å². The lowest BCUT2D eigenvalue weighted by Gasteiger charge is -2.28. The number of hydrogen-bond donors (Lipinski definition) is 0. The number of carbonyl (C=O) groups is 3. The molecule has 0 saturated carbocycles. The van der Waals surface area contributed by atoms with Crippen LogP contribution in [0.1, 0.15) is 43.0 Å². The molecule has 0 radical (unpaired) electrons. The van der Waals surface area contributed by atoms with Crippen molar-refractivity contribution in [2.24, 2.45) is 0 Å². The van der Waals surface area contributed by atoms with Crippen LogP contribution >= 0.6 is 0 Å². The summed E-state index contributed by atoms with van der Waals surface area (Å²) >= 11 is 0. The van der Waals surface area contributed by atoms with Crippen molar-refractivity contribution in [3.8, 4) is 0 Å². The van der Waals surface area contributed by atoms with Crippen LogP contribution in [0.2, 0.25) is 0 Å². The zero-order chi connectivity index (χ0) is 17.5. The standard InChI is InChI=1S/C18H24N2O4/c1-14(21)20(13-10-17(22)19-11-4-3-5-12-19)16-8-6-15(7-9-16)18(23)24-2/h6-9H,3-5,10-13H2,1-2H3. The van der Waals surface area contributed by atoms with Crippen molar-refractivity contribution in [3.05, 3.63) is 29.8 Å². The zero-order valence-electron chi connectivity index (χ0n) is 14.3. The molecule has 0 N–H and O–H groups in total. The maximum atomic E-state index is 12.3. The van der Waals surface area contributed by atoms with Gasteiger partial charge >= 0.3 is 5.97 Å². The van der Waals surface area contributed by atoms with Gasteiger partial charge in [-0.2, -0.15) is 0 Å². The fraction of sp³-hybridized carbons (Fsp3) is 0.500. The number of methoxy groups -OCH3 is 1. The van der Waals surface area contributed by atoms with Gasteiger partial charge in [-0.25, -0.2) is 4.79 Å². The topological polar surface area (TPSA) is 66.9 Å². The van der Waals surface area contributed by atoms with E-state index in [0.29, 0.717) is 24.2 Å². The molecule has 0 unspecified atom stereocenters. The van der Waals surface area contributed by atoms with Gasteiger partial charge in [-0.1, -0.05) is 0 Å². The largest absolute Gasteiger partial charge is 0.465 e. The van der Waals surface area contributed by atoms with Gasteiger partial charge in [-0.05, 0) is 43.5 Å². The number of carbonyl (C=O) groups excluding carboxylic acids is 3. The van der Waals surface area contributed by atoms with Crippen molar-refractivity contribution in [1.82, 2.24) is 4.90 Å². The van der Waals surface area contributed by atoms with E-state index in [1.165, 1.54) is 20.5 Å². The summed E-state index contributed by atoms with van der Waals surface area (Å²) in [4.78, 5) is 39.1. The summed E-state index contributed by atoms with van der Waals surface area (Å²) in [7, 11) is 1.32. The van der Waals surface area contributed by atoms with Gasteiger partial charge < -0.3 is 14.5 Å². The van der Waals surface area contributed by atoms with Crippen LogP contribution in [-0.2, 0) is 14.3 Å². The Bertz CT molecular complexity index is 592. The van der Waals surface area contributed by atoms with E-state index < -0.39 is 5.97 Å². The summed E-state index contributed by atoms with van der Waals surface area (Å²) in [6.45, 7) is 3.43. The average Bonchev–Trinajstić information content (AvgIpc) is 2.62. The third kappa shape index (κ3) is 4.57. The van der Waals surface area contributed by atoms with Crippen molar-refractivity contribution >= 4 is 23.5 Å². The average molecular weight is 332 g/mol. The number of nitrogens with zero attached hydrogens (tertiary/aromatic N) is 2. The lowest BCUT2D eigenvalue weighted by atomic mass is 10.1. The van der Waals surface area contributed by atoms with Crippen LogP contribution in [0.4, 0.5) is 5.69 Å². The summed E-state index contributed by atoms with van der Waals surface area (Å²) in [6.07, 6.45) is 3.59. The van der Waals surface area contributed by atoms with Gasteiger partial charge in [-0.15, -0.1) is 0 Å². The van der Waals surface area contributed by atoms with Crippen molar-refractivity contribution < 1.29 is 19.1 Å². The number of amides is 2. The van der Waals surface area contributed by atoms with E-state index in [-0.39, 0.29) is 11.8 Å². The van der Waals surface area contributed by atoms with Crippen LogP contribution in [0.15, 0.2) is 24.3 Å². The van der Waals surface area contributed by atoms with Crippen molar-refractivity contribution in [1.29, 1.82) is 0 Å².